The lowest BCUT2D eigenvalue weighted by Crippen LogP contribution is -2.88. The first-order valence-corrected chi connectivity index (χ1v) is 38.9. The third-order valence-electron chi connectivity index (χ3n) is 5.75. The number of hydrogen-bond acceptors (Lipinski definition) is 39. The van der Waals surface area contributed by atoms with Gasteiger partial charge < -0.3 is 171 Å². The van der Waals surface area contributed by atoms with Crippen LogP contribution in [0, 0.1) is 0 Å². The summed E-state index contributed by atoms with van der Waals surface area (Å²) in [7, 11) is -98.5. The Morgan fingerprint density at radius 3 is 0.836 bits per heavy atom. The molecule has 8 fully saturated rings. The molecule has 10 atom stereocenters. The zero-order valence-electron chi connectivity index (χ0n) is 24.5. The van der Waals surface area contributed by atoms with Gasteiger partial charge in [-0.25, -0.2) is 0 Å². The van der Waals surface area contributed by atoms with Crippen LogP contribution >= 0.6 is 0 Å². The fraction of sp³-hybridized carbons (Fsp3) is 0. The summed E-state index contributed by atoms with van der Waals surface area (Å²) < 4.78 is 112. The van der Waals surface area contributed by atoms with Crippen molar-refractivity contribution in [3.63, 3.8) is 0 Å². The monoisotopic (exact) mass is 1090 g/mol. The molecule has 2 radical (unpaired) electrons. The first-order chi connectivity index (χ1) is 24.6. The summed E-state index contributed by atoms with van der Waals surface area (Å²) in [5.41, 5.74) is 0. The molecule has 0 aromatic rings. The van der Waals surface area contributed by atoms with E-state index in [1.165, 1.54) is 0 Å². The topological polar surface area (TPSA) is 536 Å². The fourth-order valence-corrected chi connectivity index (χ4v) is 57.6. The third kappa shape index (κ3) is 8.80. The van der Waals surface area contributed by atoms with Crippen molar-refractivity contribution in [3.05, 3.63) is 0 Å². The van der Waals surface area contributed by atoms with E-state index in [1.54, 1.807) is 0 Å². The fourth-order valence-electron chi connectivity index (χ4n) is 4.48. The average molecular weight is 1090 g/mol. The summed E-state index contributed by atoms with van der Waals surface area (Å²) in [5.74, 6) is 0. The van der Waals surface area contributed by atoms with Crippen molar-refractivity contribution < 1.29 is 171 Å². The first-order valence-electron chi connectivity index (χ1n) is 13.0. The van der Waals surface area contributed by atoms with Crippen molar-refractivity contribution in [2.75, 3.05) is 0 Å². The minimum absolute atomic E-state index is 4.37. The van der Waals surface area contributed by atoms with Crippen molar-refractivity contribution in [2.45, 2.75) is 0 Å². The summed E-state index contributed by atoms with van der Waals surface area (Å²) in [5, 5.41) is 0. The Balaban J connectivity index is 1.32. The predicted octanol–water partition coefficient (Wildman–Crippen LogP) is -16.6. The smallest absolute Gasteiger partial charge is 0.388 e. The molecule has 55 heavy (non-hydrogen) atoms. The van der Waals surface area contributed by atoms with Gasteiger partial charge in [0.15, 0.2) is 0 Å². The molecule has 0 aromatic heterocycles. The maximum Gasteiger partial charge on any atom is 0.662 e. The van der Waals surface area contributed by atoms with Crippen LogP contribution < -0.4 is 0 Å². The minimum Gasteiger partial charge on any atom is -0.388 e. The lowest BCUT2D eigenvalue weighted by molar-refractivity contribution is -0.120. The van der Waals surface area contributed by atoms with Gasteiger partial charge in [-0.3, -0.25) is 0 Å². The zero-order valence-corrected chi connectivity index (χ0v) is 40.5. The highest BCUT2D eigenvalue weighted by molar-refractivity contribution is 6.97. The second kappa shape index (κ2) is 12.8. The average Bonchev–Trinajstić information content (AvgIpc) is 2.76. The molecule has 0 aromatic carbocycles. The van der Waals surface area contributed by atoms with Crippen LogP contribution in [0.1, 0.15) is 0 Å². The van der Waals surface area contributed by atoms with E-state index in [0.29, 0.717) is 0 Å². The molecule has 12 bridgehead atoms. The van der Waals surface area contributed by atoms with E-state index in [9.17, 15) is 76.7 Å². The highest BCUT2D eigenvalue weighted by atomic mass is 28.7. The highest BCUT2D eigenvalue weighted by Crippen LogP contribution is 2.45. The van der Waals surface area contributed by atoms with E-state index in [1.807, 2.05) is 0 Å². The summed E-state index contributed by atoms with van der Waals surface area (Å²) in [6.07, 6.45) is 0. The molecule has 0 spiro atoms. The molecule has 55 heteroatoms. The predicted molar refractivity (Wildman–Crippen MR) is 153 cm³/mol. The minimum atomic E-state index is -6.81. The Bertz CT molecular complexity index is 1520. The van der Waals surface area contributed by atoms with Crippen LogP contribution in [-0.4, -0.2) is 222 Å². The van der Waals surface area contributed by atoms with Crippen LogP contribution in [0.15, 0.2) is 0 Å². The first kappa shape index (κ1) is 43.6. The van der Waals surface area contributed by atoms with E-state index < -0.39 is 146 Å². The van der Waals surface area contributed by atoms with Gasteiger partial charge in [-0.1, -0.05) is 0 Å². The molecule has 0 amide bonds. The van der Waals surface area contributed by atoms with Crippen LogP contribution in [0.2, 0.25) is 0 Å². The van der Waals surface area contributed by atoms with Gasteiger partial charge in [0.25, 0.3) is 0 Å². The van der Waals surface area contributed by atoms with E-state index in [4.69, 9.17) is 78.2 Å². The van der Waals surface area contributed by atoms with Crippen molar-refractivity contribution in [1.29, 1.82) is 0 Å². The van der Waals surface area contributed by atoms with E-state index in [2.05, 4.69) is 16.5 Å². The summed E-state index contributed by atoms with van der Waals surface area (Å²) >= 11 is 0. The second-order valence-corrected chi connectivity index (χ2v) is 44.7. The zero-order chi connectivity index (χ0) is 40.4. The van der Waals surface area contributed by atoms with Gasteiger partial charge in [-0.15, -0.1) is 0 Å². The van der Waals surface area contributed by atoms with Gasteiger partial charge in [0.2, 0.25) is 0 Å². The summed E-state index contributed by atoms with van der Waals surface area (Å²) in [6.45, 7) is 0. The molecule has 16 N–H and O–H groups in total. The standard InChI is InChI=1S/H16O39Si16/c1-40-17-45(8)27-48(11)21-42(3,4)22-49(12)28-46(9,18-40)35-55(34-45,38-53(16,30-48)31-49)39-54-20-41(2)19-44(7)25-47(10)23-43(5,6)24-50(13,36-54)32-51(14,29-47)33-52(15,26-44)37-54/h1-16H. The van der Waals surface area contributed by atoms with Gasteiger partial charge in [0, 0.05) is 0 Å². The molecule has 8 saturated heterocycles. The van der Waals surface area contributed by atoms with Crippen LogP contribution in [-0.2, 0) is 94.6 Å². The Labute approximate surface area is 316 Å². The molecule has 0 aliphatic carbocycles. The Morgan fingerprint density at radius 2 is 0.473 bits per heavy atom. The van der Waals surface area contributed by atoms with Gasteiger partial charge >= 0.3 is 146 Å². The third-order valence-corrected chi connectivity index (χ3v) is 51.8. The second-order valence-electron chi connectivity index (χ2n) is 10.2. The molecule has 0 saturated carbocycles. The molecule has 314 valence electrons. The highest BCUT2D eigenvalue weighted by Gasteiger charge is 2.89. The van der Waals surface area contributed by atoms with E-state index in [-0.39, 0.29) is 0 Å². The van der Waals surface area contributed by atoms with Gasteiger partial charge in [-0.05, 0) is 0 Å². The quantitative estimate of drug-likeness (QED) is 0.114. The molecule has 8 aliphatic heterocycles. The Hall–Kier alpha value is 1.91. The maximum atomic E-state index is 11.4. The lowest BCUT2D eigenvalue weighted by Gasteiger charge is -2.52. The largest absolute Gasteiger partial charge is 0.662 e. The summed E-state index contributed by atoms with van der Waals surface area (Å²) in [6, 6.07) is 0. The SMILES string of the molecule is O[Si]1O[Si]2(O)O[Si]3(O)O[Si](O)(O)O[Si]4(O)O[Si](O)(O1)O[Si](O[Si]15O[Si](O)O[Si]6(O)O[Si]7(O)O[Si](O)(O)O[Si](O)(O[Si](O)(O7)O[Si](O)(O6)O1)O5)(O2)O[Si](O)(O3)O4. The molecular weight excluding hydrogens is 1070 g/mol. The molecule has 10 unspecified atom stereocenters. The molecule has 8 aliphatic rings. The number of hydrogen-bond donors (Lipinski definition) is 16. The number of fused-ring (bicyclic) bond motifs is 8. The van der Waals surface area contributed by atoms with Gasteiger partial charge in [0.1, 0.15) is 0 Å². The van der Waals surface area contributed by atoms with Crippen molar-refractivity contribution in [3.8, 4) is 0 Å². The lowest BCUT2D eigenvalue weighted by atomic mass is 15.5. The van der Waals surface area contributed by atoms with Crippen LogP contribution in [0.4, 0.5) is 0 Å². The van der Waals surface area contributed by atoms with Crippen molar-refractivity contribution >= 4 is 146 Å². The van der Waals surface area contributed by atoms with E-state index in [0.717, 1.165) is 0 Å². The summed E-state index contributed by atoms with van der Waals surface area (Å²) in [4.78, 5) is 175. The maximum absolute atomic E-state index is 11.4. The Kier molecular flexibility index (Phi) is 10.1. The van der Waals surface area contributed by atoms with Crippen LogP contribution in [0.5, 0.6) is 0 Å². The van der Waals surface area contributed by atoms with Gasteiger partial charge in [-0.2, -0.15) is 0 Å². The number of rotatable bonds is 2. The molecule has 39 nitrogen and oxygen atoms in total. The Morgan fingerprint density at radius 1 is 0.255 bits per heavy atom. The van der Waals surface area contributed by atoms with Crippen molar-refractivity contribution in [1.82, 2.24) is 0 Å². The van der Waals surface area contributed by atoms with Crippen molar-refractivity contribution in [2.24, 2.45) is 0 Å². The van der Waals surface area contributed by atoms with Crippen LogP contribution in [0.3, 0.4) is 0 Å². The van der Waals surface area contributed by atoms with E-state index >= 15 is 0 Å². The normalized spacial score (nSPS) is 58.0. The molecule has 8 heterocycles. The van der Waals surface area contributed by atoms with Gasteiger partial charge in [0.05, 0.1) is 0 Å². The molecule has 8 rings (SSSR count). The molecular formula is H16O39Si16. The van der Waals surface area contributed by atoms with Crippen LogP contribution in [0.25, 0.3) is 0 Å².